The molecule has 2 aromatic rings. The van der Waals surface area contributed by atoms with E-state index >= 15 is 0 Å². The van der Waals surface area contributed by atoms with E-state index in [1.165, 1.54) is 18.3 Å². The predicted molar refractivity (Wildman–Crippen MR) is 70.6 cm³/mol. The molecule has 0 atom stereocenters. The number of ether oxygens (including phenoxy) is 1. The lowest BCUT2D eigenvalue weighted by molar-refractivity contribution is -0.114. The molecule has 0 aliphatic carbocycles. The van der Waals surface area contributed by atoms with Gasteiger partial charge in [0.1, 0.15) is 5.75 Å². The number of nitrogens with two attached hydrogens (primary N) is 1. The molecule has 1 aromatic carbocycles. The molecule has 0 aliphatic heterocycles. The second kappa shape index (κ2) is 5.01. The highest BCUT2D eigenvalue weighted by Gasteiger charge is 2.12. The van der Waals surface area contributed by atoms with Crippen LogP contribution in [0.5, 0.6) is 5.75 Å². The van der Waals surface area contributed by atoms with Gasteiger partial charge in [0.05, 0.1) is 12.7 Å². The van der Waals surface area contributed by atoms with Gasteiger partial charge < -0.3 is 15.8 Å². The van der Waals surface area contributed by atoms with Crippen molar-refractivity contribution in [2.24, 2.45) is 0 Å². The third-order valence-corrected chi connectivity index (χ3v) is 3.03. The van der Waals surface area contributed by atoms with E-state index in [1.54, 1.807) is 25.3 Å². The molecular weight excluding hydrogens is 252 g/mol. The van der Waals surface area contributed by atoms with Crippen molar-refractivity contribution >= 4 is 28.1 Å². The molecule has 0 saturated heterocycles. The highest BCUT2D eigenvalue weighted by molar-refractivity contribution is 7.18. The van der Waals surface area contributed by atoms with E-state index in [0.29, 0.717) is 21.6 Å². The Bertz CT molecular complexity index is 582. The van der Waals surface area contributed by atoms with E-state index in [4.69, 9.17) is 10.5 Å². The Kier molecular flexibility index (Phi) is 3.42. The van der Waals surface area contributed by atoms with Crippen molar-refractivity contribution in [2.75, 3.05) is 18.2 Å². The molecule has 0 unspecified atom stereocenters. The van der Waals surface area contributed by atoms with Gasteiger partial charge in [0.2, 0.25) is 11.0 Å². The molecule has 0 saturated carbocycles. The van der Waals surface area contributed by atoms with Crippen LogP contribution in [0.3, 0.4) is 0 Å². The number of amides is 1. The zero-order chi connectivity index (χ0) is 13.1. The number of hydrogen-bond donors (Lipinski definition) is 2. The zero-order valence-electron chi connectivity index (χ0n) is 9.93. The summed E-state index contributed by atoms with van der Waals surface area (Å²) in [6, 6.07) is 5.28. The van der Waals surface area contributed by atoms with E-state index in [1.807, 2.05) is 0 Å². The maximum absolute atomic E-state index is 10.9. The highest BCUT2D eigenvalue weighted by atomic mass is 32.1. The Morgan fingerprint density at radius 1 is 1.44 bits per heavy atom. The number of carbonyl (C=O) groups excluding carboxylic acids is 1. The Morgan fingerprint density at radius 3 is 2.89 bits per heavy atom. The largest absolute Gasteiger partial charge is 0.496 e. The minimum atomic E-state index is -0.183. The maximum atomic E-state index is 10.9. The standard InChI is InChI=1S/C11H12N4O2S/c1-6(16)13-11-15-14-10(18-11)8-5-7(12)3-4-9(8)17-2/h3-5H,12H2,1-2H3,(H,13,15,16). The molecule has 94 valence electrons. The minimum absolute atomic E-state index is 0.183. The van der Waals surface area contributed by atoms with Crippen molar-refractivity contribution in [3.05, 3.63) is 18.2 Å². The molecule has 0 radical (unpaired) electrons. The summed E-state index contributed by atoms with van der Waals surface area (Å²) < 4.78 is 5.24. The first-order valence-corrected chi connectivity index (χ1v) is 5.97. The highest BCUT2D eigenvalue weighted by Crippen LogP contribution is 2.34. The van der Waals surface area contributed by atoms with Gasteiger partial charge in [-0.05, 0) is 18.2 Å². The number of nitrogen functional groups attached to an aromatic ring is 1. The molecule has 1 amide bonds. The zero-order valence-corrected chi connectivity index (χ0v) is 10.7. The lowest BCUT2D eigenvalue weighted by Gasteiger charge is -2.05. The van der Waals surface area contributed by atoms with Gasteiger partial charge in [-0.25, -0.2) is 0 Å². The molecule has 2 rings (SSSR count). The fourth-order valence-electron chi connectivity index (χ4n) is 1.43. The average molecular weight is 264 g/mol. The van der Waals surface area contributed by atoms with Crippen LogP contribution in [-0.4, -0.2) is 23.2 Å². The van der Waals surface area contributed by atoms with Crippen LogP contribution in [0.4, 0.5) is 10.8 Å². The van der Waals surface area contributed by atoms with E-state index in [0.717, 1.165) is 5.56 Å². The van der Waals surface area contributed by atoms with Crippen LogP contribution in [0, 0.1) is 0 Å². The lowest BCUT2D eigenvalue weighted by Crippen LogP contribution is -2.04. The van der Waals surface area contributed by atoms with Gasteiger partial charge in [-0.15, -0.1) is 10.2 Å². The van der Waals surface area contributed by atoms with E-state index in [-0.39, 0.29) is 5.91 Å². The van der Waals surface area contributed by atoms with Crippen molar-refractivity contribution < 1.29 is 9.53 Å². The summed E-state index contributed by atoms with van der Waals surface area (Å²) in [5.41, 5.74) is 7.11. The quantitative estimate of drug-likeness (QED) is 0.824. The number of hydrogen-bond acceptors (Lipinski definition) is 6. The summed E-state index contributed by atoms with van der Waals surface area (Å²) >= 11 is 1.26. The minimum Gasteiger partial charge on any atom is -0.496 e. The fourth-order valence-corrected chi connectivity index (χ4v) is 2.24. The van der Waals surface area contributed by atoms with Crippen LogP contribution in [0.2, 0.25) is 0 Å². The van der Waals surface area contributed by atoms with E-state index in [2.05, 4.69) is 15.5 Å². The van der Waals surface area contributed by atoms with Crippen LogP contribution >= 0.6 is 11.3 Å². The lowest BCUT2D eigenvalue weighted by atomic mass is 10.2. The molecule has 0 bridgehead atoms. The van der Waals surface area contributed by atoms with Gasteiger partial charge in [-0.2, -0.15) is 0 Å². The van der Waals surface area contributed by atoms with Crippen molar-refractivity contribution in [1.82, 2.24) is 10.2 Å². The van der Waals surface area contributed by atoms with Gasteiger partial charge in [-0.3, -0.25) is 4.79 Å². The number of nitrogens with one attached hydrogen (secondary N) is 1. The number of aromatic nitrogens is 2. The predicted octanol–water partition coefficient (Wildman–Crippen LogP) is 1.75. The maximum Gasteiger partial charge on any atom is 0.223 e. The summed E-state index contributed by atoms with van der Waals surface area (Å²) in [4.78, 5) is 10.9. The monoisotopic (exact) mass is 264 g/mol. The summed E-state index contributed by atoms with van der Waals surface area (Å²) in [7, 11) is 1.57. The first-order valence-electron chi connectivity index (χ1n) is 5.15. The first kappa shape index (κ1) is 12.3. The third kappa shape index (κ3) is 2.57. The molecule has 1 heterocycles. The van der Waals surface area contributed by atoms with E-state index < -0.39 is 0 Å². The smallest absolute Gasteiger partial charge is 0.223 e. The topological polar surface area (TPSA) is 90.1 Å². The second-order valence-corrected chi connectivity index (χ2v) is 4.53. The van der Waals surface area contributed by atoms with Gasteiger partial charge in [0.25, 0.3) is 0 Å². The average Bonchev–Trinajstić information content (AvgIpc) is 2.76. The molecule has 6 nitrogen and oxygen atoms in total. The molecule has 0 fully saturated rings. The summed E-state index contributed by atoms with van der Waals surface area (Å²) in [6.45, 7) is 1.42. The molecule has 1 aromatic heterocycles. The number of nitrogens with zero attached hydrogens (tertiary/aromatic N) is 2. The third-order valence-electron chi connectivity index (χ3n) is 2.16. The first-order chi connectivity index (χ1) is 8.60. The Balaban J connectivity index is 2.38. The SMILES string of the molecule is COc1ccc(N)cc1-c1nnc(NC(C)=O)s1. The van der Waals surface area contributed by atoms with Crippen LogP contribution < -0.4 is 15.8 Å². The Hall–Kier alpha value is -2.15. The number of carbonyl (C=O) groups is 1. The van der Waals surface area contributed by atoms with Crippen LogP contribution in [-0.2, 0) is 4.79 Å². The Labute approximate surface area is 108 Å². The van der Waals surface area contributed by atoms with Crippen molar-refractivity contribution in [3.8, 4) is 16.3 Å². The number of methoxy groups -OCH3 is 1. The van der Waals surface area contributed by atoms with Crippen molar-refractivity contribution in [3.63, 3.8) is 0 Å². The van der Waals surface area contributed by atoms with Crippen LogP contribution in [0.15, 0.2) is 18.2 Å². The second-order valence-electron chi connectivity index (χ2n) is 3.55. The van der Waals surface area contributed by atoms with Crippen molar-refractivity contribution in [1.29, 1.82) is 0 Å². The summed E-state index contributed by atoms with van der Waals surface area (Å²) in [5, 5.41) is 11.6. The molecule has 3 N–H and O–H groups in total. The summed E-state index contributed by atoms with van der Waals surface area (Å²) in [6.07, 6.45) is 0. The van der Waals surface area contributed by atoms with Gasteiger partial charge >= 0.3 is 0 Å². The number of rotatable bonds is 3. The van der Waals surface area contributed by atoms with Gasteiger partial charge in [-0.1, -0.05) is 11.3 Å². The Morgan fingerprint density at radius 2 is 2.22 bits per heavy atom. The number of benzene rings is 1. The summed E-state index contributed by atoms with van der Waals surface area (Å²) in [5.74, 6) is 0.479. The van der Waals surface area contributed by atoms with E-state index in [9.17, 15) is 4.79 Å². The molecular formula is C11H12N4O2S. The van der Waals surface area contributed by atoms with Gasteiger partial charge in [0, 0.05) is 12.6 Å². The fraction of sp³-hybridized carbons (Fsp3) is 0.182. The normalized spacial score (nSPS) is 10.1. The number of anilines is 2. The van der Waals surface area contributed by atoms with Crippen LogP contribution in [0.25, 0.3) is 10.6 Å². The van der Waals surface area contributed by atoms with Crippen LogP contribution in [0.1, 0.15) is 6.92 Å². The van der Waals surface area contributed by atoms with Gasteiger partial charge in [0.15, 0.2) is 5.01 Å². The molecule has 18 heavy (non-hydrogen) atoms. The molecule has 0 aliphatic rings. The molecule has 0 spiro atoms. The molecule has 7 heteroatoms. The van der Waals surface area contributed by atoms with Crippen molar-refractivity contribution in [2.45, 2.75) is 6.92 Å².